The molecule has 0 spiro atoms. The molecule has 1 aliphatic carbocycles. The zero-order valence-corrected chi connectivity index (χ0v) is 7.10. The number of hydrogen-bond acceptors (Lipinski definition) is 2. The molecule has 2 nitrogen and oxygen atoms in total. The molecular formula is C9H18N2. The maximum absolute atomic E-state index is 3.60. The zero-order valence-electron chi connectivity index (χ0n) is 7.10. The van der Waals surface area contributed by atoms with Gasteiger partial charge in [-0.25, -0.2) is 0 Å². The summed E-state index contributed by atoms with van der Waals surface area (Å²) in [5, 5.41) is 7.05. The van der Waals surface area contributed by atoms with Gasteiger partial charge in [0, 0.05) is 25.7 Å². The first-order chi connectivity index (χ1) is 5.47. The molecule has 2 N–H and O–H groups in total. The summed E-state index contributed by atoms with van der Waals surface area (Å²) >= 11 is 0. The van der Waals surface area contributed by atoms with E-state index >= 15 is 0 Å². The first-order valence-electron chi connectivity index (χ1n) is 4.91. The molecule has 2 rings (SSSR count). The summed E-state index contributed by atoms with van der Waals surface area (Å²) in [6, 6.07) is 0.784. The summed E-state index contributed by atoms with van der Waals surface area (Å²) in [5.41, 5.74) is 0. The van der Waals surface area contributed by atoms with Crippen LogP contribution < -0.4 is 10.6 Å². The van der Waals surface area contributed by atoms with E-state index in [2.05, 4.69) is 10.6 Å². The Balaban J connectivity index is 1.82. The van der Waals surface area contributed by atoms with Crippen LogP contribution in [0.3, 0.4) is 0 Å². The average Bonchev–Trinajstić information content (AvgIpc) is 2.58. The Morgan fingerprint density at radius 1 is 1.00 bits per heavy atom. The first-order valence-corrected chi connectivity index (χ1v) is 4.91. The van der Waals surface area contributed by atoms with Crippen LogP contribution in [0.15, 0.2) is 0 Å². The Kier molecular flexibility index (Phi) is 2.44. The molecule has 0 bridgehead atoms. The van der Waals surface area contributed by atoms with E-state index < -0.39 is 0 Å². The Bertz CT molecular complexity index is 113. The van der Waals surface area contributed by atoms with E-state index in [4.69, 9.17) is 0 Å². The van der Waals surface area contributed by atoms with Crippen molar-refractivity contribution >= 4 is 0 Å². The molecule has 2 fully saturated rings. The maximum atomic E-state index is 3.60. The lowest BCUT2D eigenvalue weighted by atomic mass is 9.97. The molecule has 2 heteroatoms. The molecule has 0 aromatic rings. The molecule has 64 valence electrons. The summed E-state index contributed by atoms with van der Waals surface area (Å²) in [6.07, 6.45) is 5.84. The van der Waals surface area contributed by atoms with E-state index in [1.807, 2.05) is 0 Å². The molecule has 1 saturated carbocycles. The van der Waals surface area contributed by atoms with E-state index in [0.29, 0.717) is 0 Å². The van der Waals surface area contributed by atoms with Crippen LogP contribution in [0.2, 0.25) is 0 Å². The molecule has 0 aromatic carbocycles. The van der Waals surface area contributed by atoms with Crippen molar-refractivity contribution in [3.05, 3.63) is 0 Å². The third-order valence-corrected chi connectivity index (χ3v) is 3.04. The Labute approximate surface area is 68.7 Å². The predicted molar refractivity (Wildman–Crippen MR) is 46.6 cm³/mol. The van der Waals surface area contributed by atoms with Crippen LogP contribution >= 0.6 is 0 Å². The van der Waals surface area contributed by atoms with E-state index in [-0.39, 0.29) is 0 Å². The fourth-order valence-corrected chi connectivity index (χ4v) is 2.37. The lowest BCUT2D eigenvalue weighted by molar-refractivity contribution is 0.313. The smallest absolute Gasteiger partial charge is 0.0221 e. The molecule has 2 aliphatic rings. The quantitative estimate of drug-likeness (QED) is 0.582. The third kappa shape index (κ3) is 1.74. The number of hydrogen-bond donors (Lipinski definition) is 2. The van der Waals surface area contributed by atoms with Gasteiger partial charge in [0.1, 0.15) is 0 Å². The molecule has 0 amide bonds. The SMILES string of the molecule is C1CCC(C2CNCCN2)C1. The minimum Gasteiger partial charge on any atom is -0.314 e. The fourth-order valence-electron chi connectivity index (χ4n) is 2.37. The molecule has 1 aliphatic heterocycles. The molecule has 11 heavy (non-hydrogen) atoms. The van der Waals surface area contributed by atoms with Gasteiger partial charge in [-0.3, -0.25) is 0 Å². The molecule has 1 saturated heterocycles. The zero-order chi connectivity index (χ0) is 7.52. The van der Waals surface area contributed by atoms with Crippen LogP contribution in [0.1, 0.15) is 25.7 Å². The van der Waals surface area contributed by atoms with Crippen LogP contribution in [0, 0.1) is 5.92 Å². The number of nitrogens with one attached hydrogen (secondary N) is 2. The summed E-state index contributed by atoms with van der Waals surface area (Å²) in [4.78, 5) is 0. The average molecular weight is 154 g/mol. The Hall–Kier alpha value is -0.0800. The summed E-state index contributed by atoms with van der Waals surface area (Å²) in [5.74, 6) is 0.975. The highest BCUT2D eigenvalue weighted by Crippen LogP contribution is 2.27. The van der Waals surface area contributed by atoms with Crippen LogP contribution in [0.25, 0.3) is 0 Å². The van der Waals surface area contributed by atoms with Crippen molar-refractivity contribution in [3.63, 3.8) is 0 Å². The van der Waals surface area contributed by atoms with Crippen molar-refractivity contribution in [1.82, 2.24) is 10.6 Å². The van der Waals surface area contributed by atoms with Gasteiger partial charge in [0.05, 0.1) is 0 Å². The molecular weight excluding hydrogens is 136 g/mol. The van der Waals surface area contributed by atoms with Crippen LogP contribution in [-0.4, -0.2) is 25.7 Å². The van der Waals surface area contributed by atoms with Crippen molar-refractivity contribution in [2.24, 2.45) is 5.92 Å². The second kappa shape index (κ2) is 3.55. The Morgan fingerprint density at radius 2 is 1.82 bits per heavy atom. The molecule has 0 aromatic heterocycles. The van der Waals surface area contributed by atoms with E-state index in [9.17, 15) is 0 Å². The first kappa shape index (κ1) is 7.56. The van der Waals surface area contributed by atoms with Crippen molar-refractivity contribution in [2.75, 3.05) is 19.6 Å². The van der Waals surface area contributed by atoms with Gasteiger partial charge in [0.15, 0.2) is 0 Å². The largest absolute Gasteiger partial charge is 0.314 e. The minimum atomic E-state index is 0.784. The van der Waals surface area contributed by atoms with Gasteiger partial charge in [-0.2, -0.15) is 0 Å². The Morgan fingerprint density at radius 3 is 2.45 bits per heavy atom. The molecule has 0 radical (unpaired) electrons. The van der Waals surface area contributed by atoms with E-state index in [1.54, 1.807) is 0 Å². The van der Waals surface area contributed by atoms with Crippen molar-refractivity contribution < 1.29 is 0 Å². The standard InChI is InChI=1S/C9H18N2/c1-2-4-8(3-1)9-7-10-5-6-11-9/h8-11H,1-7H2. The van der Waals surface area contributed by atoms with Crippen molar-refractivity contribution in [2.45, 2.75) is 31.7 Å². The van der Waals surface area contributed by atoms with Gasteiger partial charge in [0.25, 0.3) is 0 Å². The second-order valence-electron chi connectivity index (χ2n) is 3.81. The van der Waals surface area contributed by atoms with E-state index in [1.165, 1.54) is 38.8 Å². The third-order valence-electron chi connectivity index (χ3n) is 3.04. The predicted octanol–water partition coefficient (Wildman–Crippen LogP) is 0.738. The summed E-state index contributed by atoms with van der Waals surface area (Å²) in [7, 11) is 0. The van der Waals surface area contributed by atoms with Gasteiger partial charge in [-0.15, -0.1) is 0 Å². The number of piperazine rings is 1. The summed E-state index contributed by atoms with van der Waals surface area (Å²) in [6.45, 7) is 3.52. The van der Waals surface area contributed by atoms with Crippen LogP contribution in [0.4, 0.5) is 0 Å². The lowest BCUT2D eigenvalue weighted by Gasteiger charge is -2.29. The molecule has 1 heterocycles. The van der Waals surface area contributed by atoms with Crippen molar-refractivity contribution in [3.8, 4) is 0 Å². The monoisotopic (exact) mass is 154 g/mol. The van der Waals surface area contributed by atoms with Crippen molar-refractivity contribution in [1.29, 1.82) is 0 Å². The summed E-state index contributed by atoms with van der Waals surface area (Å²) < 4.78 is 0. The van der Waals surface area contributed by atoms with E-state index in [0.717, 1.165) is 18.5 Å². The minimum absolute atomic E-state index is 0.784. The lowest BCUT2D eigenvalue weighted by Crippen LogP contribution is -2.51. The van der Waals surface area contributed by atoms with Gasteiger partial charge in [-0.1, -0.05) is 12.8 Å². The highest BCUT2D eigenvalue weighted by atomic mass is 15.1. The van der Waals surface area contributed by atoms with Gasteiger partial charge >= 0.3 is 0 Å². The van der Waals surface area contributed by atoms with Gasteiger partial charge < -0.3 is 10.6 Å². The van der Waals surface area contributed by atoms with Crippen LogP contribution in [-0.2, 0) is 0 Å². The second-order valence-corrected chi connectivity index (χ2v) is 3.81. The molecule has 1 atom stereocenters. The van der Waals surface area contributed by atoms with Crippen LogP contribution in [0.5, 0.6) is 0 Å². The normalized spacial score (nSPS) is 34.4. The molecule has 1 unspecified atom stereocenters. The highest BCUT2D eigenvalue weighted by Gasteiger charge is 2.25. The van der Waals surface area contributed by atoms with Gasteiger partial charge in [0.2, 0.25) is 0 Å². The fraction of sp³-hybridized carbons (Fsp3) is 1.00. The number of rotatable bonds is 1. The van der Waals surface area contributed by atoms with Gasteiger partial charge in [-0.05, 0) is 18.8 Å². The topological polar surface area (TPSA) is 24.1 Å². The highest BCUT2D eigenvalue weighted by molar-refractivity contribution is 4.84. The maximum Gasteiger partial charge on any atom is 0.0221 e.